The number of hydrogen-bond donors (Lipinski definition) is 7. The third-order valence-corrected chi connectivity index (χ3v) is 11.0. The Kier molecular flexibility index (Phi) is 13.9. The van der Waals surface area contributed by atoms with Crippen molar-refractivity contribution >= 4 is 34.1 Å². The van der Waals surface area contributed by atoms with E-state index in [-0.39, 0.29) is 64.2 Å². The lowest BCUT2D eigenvalue weighted by molar-refractivity contribution is -0.160. The number of aliphatic hydroxyl groups excluding tert-OH is 3. The molecule has 5 bridgehead atoms. The van der Waals surface area contributed by atoms with Gasteiger partial charge in [0.1, 0.15) is 23.4 Å². The molecule has 2 aromatic carbocycles. The quantitative estimate of drug-likeness (QED) is 0.124. The number of ketones is 1. The summed E-state index contributed by atoms with van der Waals surface area (Å²) in [5.41, 5.74) is -0.211. The summed E-state index contributed by atoms with van der Waals surface area (Å²) >= 11 is 0. The molecule has 3 heterocycles. The number of amides is 1. The number of anilines is 1. The Morgan fingerprint density at radius 1 is 0.964 bits per heavy atom. The van der Waals surface area contributed by atoms with E-state index in [0.29, 0.717) is 0 Å². The molecule has 5 rings (SSSR count). The van der Waals surface area contributed by atoms with Crippen LogP contribution >= 0.6 is 0 Å². The third kappa shape index (κ3) is 8.51. The van der Waals surface area contributed by atoms with E-state index in [1.807, 2.05) is 0 Å². The molecule has 0 aromatic heterocycles. The van der Waals surface area contributed by atoms with Crippen molar-refractivity contribution < 1.29 is 64.0 Å². The summed E-state index contributed by atoms with van der Waals surface area (Å²) < 4.78 is 23.5. The van der Waals surface area contributed by atoms with Crippen molar-refractivity contribution in [3.05, 3.63) is 52.8 Å². The maximum atomic E-state index is 14.3. The summed E-state index contributed by atoms with van der Waals surface area (Å²) in [5.74, 6) is -8.34. The lowest BCUT2D eigenvalue weighted by atomic mass is 9.78. The molecule has 0 aliphatic carbocycles. The number of phenols is 3. The topological polar surface area (TPSA) is 225 Å². The first-order valence-electron chi connectivity index (χ1n) is 18.6. The summed E-state index contributed by atoms with van der Waals surface area (Å²) in [6.07, 6.45) is 3.50. The van der Waals surface area contributed by atoms with Crippen LogP contribution in [0.3, 0.4) is 0 Å². The smallest absolute Gasteiger partial charge is 0.312 e. The SMILES string of the molecule is CO[C@@H]1C=CO[C@@]2(C)Oc3c(C)c(O)c4c(O)c(c(CN(C)CCO)c(O)c4c3C2=O)NC(=O)C(C)=CC=C[C@H](C)[C@H](O)[C@H](C)[C@H](O)[C@H](C)[C@H](OC(C)=O)[C@H]1C. The Hall–Kier alpha value is -4.67. The van der Waals surface area contributed by atoms with E-state index in [4.69, 9.17) is 18.9 Å². The van der Waals surface area contributed by atoms with Crippen molar-refractivity contribution in [1.82, 2.24) is 4.90 Å². The number of hydrogen-bond acceptors (Lipinski definition) is 14. The fourth-order valence-corrected chi connectivity index (χ4v) is 7.46. The predicted molar refractivity (Wildman–Crippen MR) is 207 cm³/mol. The van der Waals surface area contributed by atoms with E-state index in [1.54, 1.807) is 51.8 Å². The van der Waals surface area contributed by atoms with Crippen LogP contribution in [-0.4, -0.2) is 111 Å². The van der Waals surface area contributed by atoms with Crippen LogP contribution < -0.4 is 10.1 Å². The molecular weight excluding hydrogens is 728 g/mol. The van der Waals surface area contributed by atoms with Gasteiger partial charge in [-0.15, -0.1) is 0 Å². The van der Waals surface area contributed by atoms with Gasteiger partial charge in [-0.2, -0.15) is 0 Å². The van der Waals surface area contributed by atoms with Gasteiger partial charge < -0.3 is 54.9 Å². The molecule has 7 N–H and O–H groups in total. The van der Waals surface area contributed by atoms with Gasteiger partial charge in [-0.05, 0) is 27.0 Å². The van der Waals surface area contributed by atoms with Crippen molar-refractivity contribution in [2.75, 3.05) is 32.6 Å². The number of methoxy groups -OCH3 is 1. The fourth-order valence-electron chi connectivity index (χ4n) is 7.46. The average Bonchev–Trinajstić information content (AvgIpc) is 3.41. The second-order valence-corrected chi connectivity index (χ2v) is 15.1. The molecule has 9 atom stereocenters. The minimum atomic E-state index is -2.04. The number of likely N-dealkylation sites (N-methyl/N-ethyl adjacent to an activating group) is 1. The second kappa shape index (κ2) is 17.6. The highest BCUT2D eigenvalue weighted by atomic mass is 16.7. The number of nitrogens with one attached hydrogen (secondary N) is 1. The lowest BCUT2D eigenvalue weighted by Gasteiger charge is -2.38. The van der Waals surface area contributed by atoms with Crippen molar-refractivity contribution in [1.29, 1.82) is 0 Å². The number of carbonyl (C=O) groups excluding carboxylic acids is 3. The summed E-state index contributed by atoms with van der Waals surface area (Å²) in [6.45, 7) is 12.2. The zero-order valence-corrected chi connectivity index (χ0v) is 33.6. The molecule has 1 amide bonds. The zero-order valence-electron chi connectivity index (χ0n) is 33.6. The van der Waals surface area contributed by atoms with Gasteiger partial charge in [-0.3, -0.25) is 19.3 Å². The minimum Gasteiger partial charge on any atom is -0.507 e. The molecule has 0 radical (unpaired) electrons. The van der Waals surface area contributed by atoms with Crippen LogP contribution in [0.5, 0.6) is 23.0 Å². The number of ether oxygens (including phenoxy) is 4. The highest BCUT2D eigenvalue weighted by molar-refractivity contribution is 6.22. The van der Waals surface area contributed by atoms with Crippen molar-refractivity contribution in [3.8, 4) is 23.0 Å². The first kappa shape index (κ1) is 44.0. The maximum absolute atomic E-state index is 14.3. The molecule has 56 heavy (non-hydrogen) atoms. The fraction of sp³-hybridized carbons (Fsp3) is 0.537. The van der Waals surface area contributed by atoms with Crippen LogP contribution in [0.1, 0.15) is 70.0 Å². The van der Waals surface area contributed by atoms with E-state index in [2.05, 4.69) is 5.32 Å². The predicted octanol–water partition coefficient (Wildman–Crippen LogP) is 4.18. The van der Waals surface area contributed by atoms with Gasteiger partial charge in [-0.25, -0.2) is 0 Å². The van der Waals surface area contributed by atoms with Crippen LogP contribution in [0.2, 0.25) is 0 Å². The summed E-state index contributed by atoms with van der Waals surface area (Å²) in [7, 11) is 3.07. The molecule has 0 spiro atoms. The Morgan fingerprint density at radius 2 is 1.62 bits per heavy atom. The molecule has 0 unspecified atom stereocenters. The van der Waals surface area contributed by atoms with Gasteiger partial charge in [0, 0.05) is 79.8 Å². The van der Waals surface area contributed by atoms with E-state index in [1.165, 1.54) is 53.2 Å². The number of benzene rings is 2. The molecule has 2 aromatic rings. The molecule has 15 heteroatoms. The number of esters is 1. The minimum absolute atomic E-state index is 0.0115. The van der Waals surface area contributed by atoms with Gasteiger partial charge in [0.2, 0.25) is 0 Å². The molecule has 0 saturated heterocycles. The third-order valence-electron chi connectivity index (χ3n) is 11.0. The largest absolute Gasteiger partial charge is 0.507 e. The van der Waals surface area contributed by atoms with Crippen LogP contribution in [-0.2, 0) is 30.3 Å². The number of nitrogens with zero attached hydrogens (tertiary/aromatic N) is 1. The second-order valence-electron chi connectivity index (χ2n) is 15.1. The van der Waals surface area contributed by atoms with E-state index in [9.17, 15) is 45.0 Å². The Balaban J connectivity index is 1.97. The Labute approximate surface area is 326 Å². The molecule has 0 saturated carbocycles. The number of Topliss-reactive ketones (excluding diaryl/α,β-unsaturated/α-hetero) is 1. The monoisotopic (exact) mass is 784 g/mol. The van der Waals surface area contributed by atoms with Crippen molar-refractivity contribution in [2.24, 2.45) is 23.7 Å². The molecule has 0 fully saturated rings. The lowest BCUT2D eigenvalue weighted by Crippen LogP contribution is -2.46. The number of aromatic hydroxyl groups is 3. The van der Waals surface area contributed by atoms with E-state index in [0.717, 1.165) is 0 Å². The maximum Gasteiger partial charge on any atom is 0.312 e. The van der Waals surface area contributed by atoms with Gasteiger partial charge in [-0.1, -0.05) is 45.9 Å². The number of rotatable bonds is 6. The van der Waals surface area contributed by atoms with Crippen LogP contribution in [0.4, 0.5) is 5.69 Å². The van der Waals surface area contributed by atoms with E-state index < -0.39 is 88.8 Å². The Morgan fingerprint density at radius 3 is 2.23 bits per heavy atom. The van der Waals surface area contributed by atoms with Gasteiger partial charge in [0.15, 0.2) is 5.75 Å². The summed E-state index contributed by atoms with van der Waals surface area (Å²) in [4.78, 5) is 41.8. The van der Waals surface area contributed by atoms with Gasteiger partial charge in [0.05, 0.1) is 47.8 Å². The number of aliphatic hydroxyl groups is 3. The highest BCUT2D eigenvalue weighted by Crippen LogP contribution is 2.55. The van der Waals surface area contributed by atoms with Gasteiger partial charge in [0.25, 0.3) is 11.7 Å². The molecule has 3 aliphatic rings. The number of fused-ring (bicyclic) bond motifs is 14. The number of allylic oxidation sites excluding steroid dienone is 2. The van der Waals surface area contributed by atoms with Crippen LogP contribution in [0, 0.1) is 30.6 Å². The molecular formula is C41H56N2O13. The zero-order chi connectivity index (χ0) is 42.0. The number of phenolic OH excluding ortho intramolecular Hbond substituents is 3. The first-order chi connectivity index (χ1) is 26.2. The normalized spacial score (nSPS) is 29.0. The van der Waals surface area contributed by atoms with Crippen molar-refractivity contribution in [2.45, 2.75) is 92.1 Å². The van der Waals surface area contributed by atoms with Crippen LogP contribution in [0.15, 0.2) is 36.1 Å². The van der Waals surface area contributed by atoms with Crippen molar-refractivity contribution in [3.63, 3.8) is 0 Å². The standard InChI is InChI=1S/C41H56N2O13/c1-19-12-11-13-20(2)40(52)42-31-26(18-43(9)15-16-44)35(49)28-29(36(31)50)34(48)24(6)38-30(28)39(51)41(8,56-38)54-17-14-27(53-10)21(3)37(55-25(7)45)23(5)33(47)22(4)32(19)46/h11-14,17,19,21-23,27,32-33,37,44,46-50H,15-16,18H2,1-10H3,(H,42,52)/t19-,21-,22-,23-,27+,32-,33-,37+,41-/m0/s1. The molecule has 308 valence electrons. The van der Waals surface area contributed by atoms with Crippen LogP contribution in [0.25, 0.3) is 10.8 Å². The Bertz CT molecular complexity index is 1920. The average molecular weight is 785 g/mol. The number of carbonyl (C=O) groups is 3. The highest BCUT2D eigenvalue weighted by Gasteiger charge is 2.50. The molecule has 3 aliphatic heterocycles. The van der Waals surface area contributed by atoms with Gasteiger partial charge >= 0.3 is 11.8 Å². The first-order valence-corrected chi connectivity index (χ1v) is 18.6. The van der Waals surface area contributed by atoms with E-state index >= 15 is 0 Å². The molecule has 15 nitrogen and oxygen atoms in total. The summed E-state index contributed by atoms with van der Waals surface area (Å²) in [5, 5.41) is 69.7. The summed E-state index contributed by atoms with van der Waals surface area (Å²) in [6, 6.07) is 0.